The lowest BCUT2D eigenvalue weighted by Gasteiger charge is -2.09. The molecule has 0 spiro atoms. The van der Waals surface area contributed by atoms with Gasteiger partial charge in [-0.3, -0.25) is 9.89 Å². The fourth-order valence-electron chi connectivity index (χ4n) is 2.25. The summed E-state index contributed by atoms with van der Waals surface area (Å²) in [6, 6.07) is 10.6. The van der Waals surface area contributed by atoms with Gasteiger partial charge in [-0.2, -0.15) is 18.3 Å². The van der Waals surface area contributed by atoms with E-state index in [9.17, 15) is 18.0 Å². The Morgan fingerprint density at radius 3 is 2.52 bits per heavy atom. The van der Waals surface area contributed by atoms with Crippen molar-refractivity contribution in [2.75, 3.05) is 5.32 Å². The zero-order valence-corrected chi connectivity index (χ0v) is 13.2. The number of H-pyrrole nitrogens is 1. The van der Waals surface area contributed by atoms with Gasteiger partial charge in [-0.15, -0.1) is 0 Å². The first-order chi connectivity index (χ1) is 11.9. The smallest absolute Gasteiger partial charge is 0.305 e. The summed E-state index contributed by atoms with van der Waals surface area (Å²) in [7, 11) is 0. The molecule has 5 nitrogen and oxygen atoms in total. The molecule has 0 atom stereocenters. The number of nitrogens with zero attached hydrogens (tertiary/aromatic N) is 2. The summed E-state index contributed by atoms with van der Waals surface area (Å²) in [4.78, 5) is 16.0. The van der Waals surface area contributed by atoms with E-state index in [1.54, 1.807) is 18.2 Å². The Morgan fingerprint density at radius 2 is 1.88 bits per heavy atom. The van der Waals surface area contributed by atoms with Gasteiger partial charge in [0.1, 0.15) is 10.8 Å². The molecular formula is C16H10ClF3N4O. The molecule has 1 amide bonds. The Hall–Kier alpha value is -2.87. The van der Waals surface area contributed by atoms with E-state index >= 15 is 0 Å². The van der Waals surface area contributed by atoms with Crippen molar-refractivity contribution in [1.82, 2.24) is 15.2 Å². The Balaban J connectivity index is 2.02. The van der Waals surface area contributed by atoms with Crippen LogP contribution >= 0.6 is 11.6 Å². The number of alkyl halides is 3. The minimum Gasteiger partial charge on any atom is -0.305 e. The summed E-state index contributed by atoms with van der Waals surface area (Å²) < 4.78 is 39.8. The molecule has 1 aromatic carbocycles. The number of aromatic amines is 1. The van der Waals surface area contributed by atoms with Crippen molar-refractivity contribution in [3.05, 3.63) is 65.1 Å². The number of aromatic nitrogens is 3. The van der Waals surface area contributed by atoms with E-state index in [4.69, 9.17) is 11.6 Å². The number of hydrogen-bond acceptors (Lipinski definition) is 3. The quantitative estimate of drug-likeness (QED) is 0.675. The largest absolute Gasteiger partial charge is 0.433 e. The van der Waals surface area contributed by atoms with Gasteiger partial charge in [0.05, 0.1) is 5.56 Å². The van der Waals surface area contributed by atoms with Gasteiger partial charge >= 0.3 is 6.18 Å². The van der Waals surface area contributed by atoms with Gasteiger partial charge in [0.2, 0.25) is 0 Å². The highest BCUT2D eigenvalue weighted by Gasteiger charge is 2.38. The molecule has 128 valence electrons. The molecule has 0 saturated carbocycles. The lowest BCUT2D eigenvalue weighted by Crippen LogP contribution is -2.13. The van der Waals surface area contributed by atoms with Crippen LogP contribution in [0.1, 0.15) is 16.1 Å². The molecule has 2 aromatic heterocycles. The molecule has 0 radical (unpaired) electrons. The summed E-state index contributed by atoms with van der Waals surface area (Å²) in [6.07, 6.45) is -3.33. The average molecular weight is 367 g/mol. The zero-order valence-electron chi connectivity index (χ0n) is 12.4. The standard InChI is InChI=1S/C16H10ClF3N4O/c17-11-8-10(6-7-21-11)15(25)22-14-12(9-4-2-1-3-5-9)13(23-24-14)16(18,19)20/h1-8H,(H2,22,23,24,25). The van der Waals surface area contributed by atoms with E-state index < -0.39 is 17.8 Å². The Kier molecular flexibility index (Phi) is 4.45. The van der Waals surface area contributed by atoms with Gasteiger partial charge in [0.15, 0.2) is 5.82 Å². The van der Waals surface area contributed by atoms with Gasteiger partial charge in [-0.1, -0.05) is 41.9 Å². The molecule has 0 aliphatic heterocycles. The molecule has 0 fully saturated rings. The third-order valence-electron chi connectivity index (χ3n) is 3.33. The predicted molar refractivity (Wildman–Crippen MR) is 86.2 cm³/mol. The van der Waals surface area contributed by atoms with Crippen molar-refractivity contribution in [3.63, 3.8) is 0 Å². The fraction of sp³-hybridized carbons (Fsp3) is 0.0625. The summed E-state index contributed by atoms with van der Waals surface area (Å²) >= 11 is 5.72. The number of nitrogens with one attached hydrogen (secondary N) is 2. The van der Waals surface area contributed by atoms with Crippen LogP contribution in [0.3, 0.4) is 0 Å². The van der Waals surface area contributed by atoms with Crippen LogP contribution in [0.25, 0.3) is 11.1 Å². The zero-order chi connectivity index (χ0) is 18.0. The third-order valence-corrected chi connectivity index (χ3v) is 3.54. The van der Waals surface area contributed by atoms with Crippen molar-refractivity contribution in [2.24, 2.45) is 0 Å². The van der Waals surface area contributed by atoms with Crippen molar-refractivity contribution in [1.29, 1.82) is 0 Å². The van der Waals surface area contributed by atoms with Gasteiger partial charge in [-0.25, -0.2) is 4.98 Å². The van der Waals surface area contributed by atoms with Crippen LogP contribution in [0.5, 0.6) is 0 Å². The van der Waals surface area contributed by atoms with Gasteiger partial charge in [0.25, 0.3) is 5.91 Å². The number of rotatable bonds is 3. The Morgan fingerprint density at radius 1 is 1.16 bits per heavy atom. The van der Waals surface area contributed by atoms with E-state index in [1.165, 1.54) is 30.5 Å². The number of halogens is 4. The number of benzene rings is 1. The predicted octanol–water partition coefficient (Wildman–Crippen LogP) is 4.40. The third kappa shape index (κ3) is 3.63. The maximum Gasteiger partial charge on any atom is 0.433 e. The topological polar surface area (TPSA) is 70.7 Å². The molecule has 9 heteroatoms. The van der Waals surface area contributed by atoms with E-state index in [0.717, 1.165) is 0 Å². The van der Waals surface area contributed by atoms with Crippen molar-refractivity contribution in [2.45, 2.75) is 6.18 Å². The number of anilines is 1. The van der Waals surface area contributed by atoms with E-state index in [2.05, 4.69) is 15.4 Å². The number of pyridine rings is 1. The molecule has 0 aliphatic rings. The normalized spacial score (nSPS) is 11.4. The molecule has 2 heterocycles. The molecule has 0 unspecified atom stereocenters. The Bertz CT molecular complexity index is 909. The summed E-state index contributed by atoms with van der Waals surface area (Å²) in [5.74, 6) is -0.877. The van der Waals surface area contributed by atoms with Crippen LogP contribution in [-0.2, 0) is 6.18 Å². The van der Waals surface area contributed by atoms with Gasteiger partial charge < -0.3 is 5.32 Å². The highest BCUT2D eigenvalue weighted by atomic mass is 35.5. The first-order valence-corrected chi connectivity index (χ1v) is 7.38. The lowest BCUT2D eigenvalue weighted by molar-refractivity contribution is -0.140. The van der Waals surface area contributed by atoms with Crippen LogP contribution in [0.15, 0.2) is 48.7 Å². The monoisotopic (exact) mass is 366 g/mol. The molecular weight excluding hydrogens is 357 g/mol. The minimum atomic E-state index is -4.65. The first-order valence-electron chi connectivity index (χ1n) is 7.00. The molecule has 0 aliphatic carbocycles. The maximum atomic E-state index is 13.3. The summed E-state index contributed by atoms with van der Waals surface area (Å²) in [5, 5.41) is 8.04. The highest BCUT2D eigenvalue weighted by molar-refractivity contribution is 6.29. The highest BCUT2D eigenvalue weighted by Crippen LogP contribution is 2.39. The first kappa shape index (κ1) is 17.0. The molecule has 3 rings (SSSR count). The number of amides is 1. The van der Waals surface area contributed by atoms with Gasteiger partial charge in [-0.05, 0) is 17.7 Å². The second-order valence-corrected chi connectivity index (χ2v) is 5.39. The van der Waals surface area contributed by atoms with Crippen LogP contribution in [0.4, 0.5) is 19.0 Å². The second kappa shape index (κ2) is 6.56. The van der Waals surface area contributed by atoms with Gasteiger partial charge in [0, 0.05) is 11.8 Å². The number of hydrogen-bond donors (Lipinski definition) is 2. The minimum absolute atomic E-state index is 0.0916. The molecule has 0 bridgehead atoms. The van der Waals surface area contributed by atoms with E-state index in [0.29, 0.717) is 0 Å². The van der Waals surface area contributed by atoms with Crippen molar-refractivity contribution < 1.29 is 18.0 Å². The fourth-order valence-corrected chi connectivity index (χ4v) is 2.42. The average Bonchev–Trinajstić information content (AvgIpc) is 2.99. The second-order valence-electron chi connectivity index (χ2n) is 5.01. The van der Waals surface area contributed by atoms with Crippen molar-refractivity contribution in [3.8, 4) is 11.1 Å². The van der Waals surface area contributed by atoms with Crippen LogP contribution < -0.4 is 5.32 Å². The van der Waals surface area contributed by atoms with E-state index in [-0.39, 0.29) is 27.7 Å². The molecule has 2 N–H and O–H groups in total. The summed E-state index contributed by atoms with van der Waals surface area (Å²) in [5.41, 5.74) is -0.856. The van der Waals surface area contributed by atoms with E-state index in [1.807, 2.05) is 5.10 Å². The number of carbonyl (C=O) groups is 1. The molecule has 0 saturated heterocycles. The van der Waals surface area contributed by atoms with Crippen LogP contribution in [-0.4, -0.2) is 21.1 Å². The summed E-state index contributed by atoms with van der Waals surface area (Å²) in [6.45, 7) is 0. The molecule has 25 heavy (non-hydrogen) atoms. The molecule has 3 aromatic rings. The van der Waals surface area contributed by atoms with Crippen LogP contribution in [0, 0.1) is 0 Å². The Labute approximate surface area is 144 Å². The van der Waals surface area contributed by atoms with Crippen LogP contribution in [0.2, 0.25) is 5.15 Å². The SMILES string of the molecule is O=C(Nc1n[nH]c(C(F)(F)F)c1-c1ccccc1)c1ccnc(Cl)c1. The number of carbonyl (C=O) groups excluding carboxylic acids is 1. The van der Waals surface area contributed by atoms with Crippen molar-refractivity contribution >= 4 is 23.3 Å². The lowest BCUT2D eigenvalue weighted by atomic mass is 10.0. The maximum absolute atomic E-state index is 13.3.